The van der Waals surface area contributed by atoms with Crippen LogP contribution in [0.1, 0.15) is 56.8 Å². The van der Waals surface area contributed by atoms with E-state index in [2.05, 4.69) is 13.8 Å². The van der Waals surface area contributed by atoms with E-state index < -0.39 is 0 Å². The van der Waals surface area contributed by atoms with E-state index in [4.69, 9.17) is 4.42 Å². The molecule has 120 valence electrons. The molecular formula is C19H25FO2. The fraction of sp³-hybridized carbons (Fsp3) is 0.579. The molecule has 1 aliphatic rings. The summed E-state index contributed by atoms with van der Waals surface area (Å²) in [5.41, 5.74) is 1.84. The van der Waals surface area contributed by atoms with Gasteiger partial charge in [0.1, 0.15) is 17.2 Å². The first kappa shape index (κ1) is 15.5. The van der Waals surface area contributed by atoms with Gasteiger partial charge >= 0.3 is 0 Å². The lowest BCUT2D eigenvalue weighted by atomic mass is 9.72. The number of hydrogen-bond acceptors (Lipinski definition) is 2. The van der Waals surface area contributed by atoms with Crippen LogP contribution in [0.2, 0.25) is 0 Å². The molecule has 1 N–H and O–H groups in total. The maximum atomic E-state index is 13.5. The average molecular weight is 304 g/mol. The van der Waals surface area contributed by atoms with Gasteiger partial charge in [0.05, 0.1) is 6.10 Å². The van der Waals surface area contributed by atoms with Crippen molar-refractivity contribution in [3.05, 3.63) is 35.3 Å². The van der Waals surface area contributed by atoms with Crippen molar-refractivity contribution in [2.24, 2.45) is 11.8 Å². The van der Waals surface area contributed by atoms with Crippen molar-refractivity contribution in [1.82, 2.24) is 0 Å². The number of halogens is 1. The number of aryl methyl sites for hydroxylation is 1. The molecule has 22 heavy (non-hydrogen) atoms. The summed E-state index contributed by atoms with van der Waals surface area (Å²) >= 11 is 0. The predicted molar refractivity (Wildman–Crippen MR) is 86.5 cm³/mol. The highest BCUT2D eigenvalue weighted by molar-refractivity contribution is 5.82. The molecule has 0 amide bonds. The van der Waals surface area contributed by atoms with Gasteiger partial charge in [-0.2, -0.15) is 0 Å². The lowest BCUT2D eigenvalue weighted by molar-refractivity contribution is 0.0922. The third-order valence-corrected chi connectivity index (χ3v) is 5.21. The second-order valence-electron chi connectivity index (χ2n) is 7.07. The lowest BCUT2D eigenvalue weighted by Crippen LogP contribution is -2.26. The Balaban J connectivity index is 2.00. The Morgan fingerprint density at radius 2 is 1.86 bits per heavy atom. The molecule has 1 aromatic carbocycles. The quantitative estimate of drug-likeness (QED) is 0.848. The number of fused-ring (bicyclic) bond motifs is 1. The highest BCUT2D eigenvalue weighted by Crippen LogP contribution is 2.44. The topological polar surface area (TPSA) is 33.4 Å². The molecule has 1 saturated carbocycles. The van der Waals surface area contributed by atoms with E-state index in [1.165, 1.54) is 6.07 Å². The van der Waals surface area contributed by atoms with Crippen LogP contribution in [-0.4, -0.2) is 11.2 Å². The van der Waals surface area contributed by atoms with E-state index in [1.54, 1.807) is 12.1 Å². The summed E-state index contributed by atoms with van der Waals surface area (Å²) in [5, 5.41) is 10.6. The molecule has 1 aromatic heterocycles. The molecule has 0 radical (unpaired) electrons. The van der Waals surface area contributed by atoms with Crippen LogP contribution in [-0.2, 0) is 0 Å². The SMILES string of the molecule is Cc1c(C(C(C)C)C2CCC(O)CC2)oc2ccc(F)cc12. The molecule has 1 fully saturated rings. The molecule has 2 nitrogen and oxygen atoms in total. The molecular weight excluding hydrogens is 279 g/mol. The van der Waals surface area contributed by atoms with Crippen molar-refractivity contribution in [1.29, 1.82) is 0 Å². The molecule has 0 saturated heterocycles. The number of benzene rings is 1. The van der Waals surface area contributed by atoms with Crippen LogP contribution in [0.4, 0.5) is 4.39 Å². The summed E-state index contributed by atoms with van der Waals surface area (Å²) in [4.78, 5) is 0. The molecule has 3 heteroatoms. The van der Waals surface area contributed by atoms with Crippen LogP contribution in [0.25, 0.3) is 11.0 Å². The van der Waals surface area contributed by atoms with Crippen LogP contribution in [0, 0.1) is 24.6 Å². The van der Waals surface area contributed by atoms with Gasteiger partial charge in [0.25, 0.3) is 0 Å². The van der Waals surface area contributed by atoms with E-state index in [0.717, 1.165) is 48.0 Å². The van der Waals surface area contributed by atoms with Crippen LogP contribution in [0.3, 0.4) is 0 Å². The van der Waals surface area contributed by atoms with Crippen LogP contribution >= 0.6 is 0 Å². The highest BCUT2D eigenvalue weighted by Gasteiger charge is 2.33. The summed E-state index contributed by atoms with van der Waals surface area (Å²) in [6, 6.07) is 4.75. The number of hydrogen-bond donors (Lipinski definition) is 1. The first-order valence-electron chi connectivity index (χ1n) is 8.34. The molecule has 0 aliphatic heterocycles. The minimum Gasteiger partial charge on any atom is -0.460 e. The summed E-state index contributed by atoms with van der Waals surface area (Å²) < 4.78 is 19.6. The second-order valence-corrected chi connectivity index (χ2v) is 7.07. The Kier molecular flexibility index (Phi) is 4.26. The van der Waals surface area contributed by atoms with Gasteiger partial charge in [0, 0.05) is 11.3 Å². The predicted octanol–water partition coefficient (Wildman–Crippen LogP) is 5.17. The minimum atomic E-state index is -0.218. The van der Waals surface area contributed by atoms with E-state index in [9.17, 15) is 9.50 Å². The fourth-order valence-corrected chi connectivity index (χ4v) is 4.05. The Morgan fingerprint density at radius 1 is 1.18 bits per heavy atom. The number of aliphatic hydroxyl groups excluding tert-OH is 1. The highest BCUT2D eigenvalue weighted by atomic mass is 19.1. The van der Waals surface area contributed by atoms with Gasteiger partial charge in [-0.1, -0.05) is 13.8 Å². The molecule has 3 rings (SSSR count). The number of rotatable bonds is 3. The standard InChI is InChI=1S/C19H25FO2/c1-11(2)18(13-4-7-15(21)8-5-13)19-12(3)16-10-14(20)6-9-17(16)22-19/h6,9-11,13,15,18,21H,4-5,7-8H2,1-3H3. The Morgan fingerprint density at radius 3 is 2.50 bits per heavy atom. The van der Waals surface area contributed by atoms with E-state index in [0.29, 0.717) is 17.8 Å². The van der Waals surface area contributed by atoms with Crippen molar-refractivity contribution in [3.63, 3.8) is 0 Å². The molecule has 1 heterocycles. The smallest absolute Gasteiger partial charge is 0.134 e. The van der Waals surface area contributed by atoms with Gasteiger partial charge in [-0.3, -0.25) is 0 Å². The zero-order valence-corrected chi connectivity index (χ0v) is 13.6. The molecule has 1 atom stereocenters. The summed E-state index contributed by atoms with van der Waals surface area (Å²) in [6.45, 7) is 6.49. The summed E-state index contributed by atoms with van der Waals surface area (Å²) in [6.07, 6.45) is 3.68. The van der Waals surface area contributed by atoms with Crippen molar-refractivity contribution in [2.75, 3.05) is 0 Å². The molecule has 1 unspecified atom stereocenters. The minimum absolute atomic E-state index is 0.144. The monoisotopic (exact) mass is 304 g/mol. The summed E-state index contributed by atoms with van der Waals surface area (Å²) in [5.74, 6) is 2.13. The van der Waals surface area contributed by atoms with E-state index >= 15 is 0 Å². The van der Waals surface area contributed by atoms with Gasteiger partial charge in [-0.25, -0.2) is 4.39 Å². The van der Waals surface area contributed by atoms with Gasteiger partial charge in [-0.15, -0.1) is 0 Å². The van der Waals surface area contributed by atoms with Gasteiger partial charge in [-0.05, 0) is 68.2 Å². The number of furan rings is 1. The van der Waals surface area contributed by atoms with E-state index in [1.807, 2.05) is 6.92 Å². The molecule has 0 bridgehead atoms. The Hall–Kier alpha value is -1.35. The van der Waals surface area contributed by atoms with Gasteiger partial charge in [0.2, 0.25) is 0 Å². The summed E-state index contributed by atoms with van der Waals surface area (Å²) in [7, 11) is 0. The van der Waals surface area contributed by atoms with Crippen molar-refractivity contribution in [2.45, 2.75) is 58.5 Å². The van der Waals surface area contributed by atoms with Gasteiger partial charge < -0.3 is 9.52 Å². The van der Waals surface area contributed by atoms with Crippen molar-refractivity contribution in [3.8, 4) is 0 Å². The van der Waals surface area contributed by atoms with E-state index in [-0.39, 0.29) is 11.9 Å². The average Bonchev–Trinajstić information content (AvgIpc) is 2.78. The first-order valence-corrected chi connectivity index (χ1v) is 8.34. The lowest BCUT2D eigenvalue weighted by Gasteiger charge is -2.33. The van der Waals surface area contributed by atoms with Crippen molar-refractivity contribution < 1.29 is 13.9 Å². The van der Waals surface area contributed by atoms with Crippen LogP contribution in [0.5, 0.6) is 0 Å². The molecule has 0 spiro atoms. The molecule has 2 aromatic rings. The Bertz CT molecular complexity index is 651. The maximum Gasteiger partial charge on any atom is 0.134 e. The maximum absolute atomic E-state index is 13.5. The fourth-order valence-electron chi connectivity index (χ4n) is 4.05. The third kappa shape index (κ3) is 2.79. The number of aliphatic hydroxyl groups is 1. The third-order valence-electron chi connectivity index (χ3n) is 5.21. The van der Waals surface area contributed by atoms with Crippen LogP contribution in [0.15, 0.2) is 22.6 Å². The first-order chi connectivity index (χ1) is 10.5. The second kappa shape index (κ2) is 6.04. The normalized spacial score (nSPS) is 24.1. The Labute approximate surface area is 131 Å². The van der Waals surface area contributed by atoms with Crippen molar-refractivity contribution >= 4 is 11.0 Å². The molecule has 1 aliphatic carbocycles. The largest absolute Gasteiger partial charge is 0.460 e. The van der Waals surface area contributed by atoms with Gasteiger partial charge in [0.15, 0.2) is 0 Å². The van der Waals surface area contributed by atoms with Crippen LogP contribution < -0.4 is 0 Å². The zero-order valence-electron chi connectivity index (χ0n) is 13.6. The zero-order chi connectivity index (χ0) is 15.9.